The number of nitrogens with one attached hydrogen (secondary N) is 1. The van der Waals surface area contributed by atoms with E-state index in [0.717, 1.165) is 16.8 Å². The highest BCUT2D eigenvalue weighted by atomic mass is 16.5. The Bertz CT molecular complexity index is 1230. The van der Waals surface area contributed by atoms with Gasteiger partial charge in [-0.1, -0.05) is 24.3 Å². The number of para-hydroxylation sites is 1. The summed E-state index contributed by atoms with van der Waals surface area (Å²) in [6.45, 7) is 0.364. The number of pyridine rings is 2. The lowest BCUT2D eigenvalue weighted by molar-refractivity contribution is -0.121. The number of ether oxygens (including phenoxy) is 1. The Morgan fingerprint density at radius 1 is 1.09 bits per heavy atom. The van der Waals surface area contributed by atoms with E-state index in [-0.39, 0.29) is 22.9 Å². The predicted molar refractivity (Wildman–Crippen MR) is 115 cm³/mol. The number of benzene rings is 1. The van der Waals surface area contributed by atoms with E-state index < -0.39 is 17.4 Å². The first-order valence-electron chi connectivity index (χ1n) is 10.2. The van der Waals surface area contributed by atoms with Gasteiger partial charge in [0.1, 0.15) is 5.41 Å². The van der Waals surface area contributed by atoms with Gasteiger partial charge >= 0.3 is 5.97 Å². The number of rotatable bonds is 3. The van der Waals surface area contributed by atoms with E-state index in [1.165, 1.54) is 25.6 Å². The van der Waals surface area contributed by atoms with Crippen LogP contribution in [0.25, 0.3) is 0 Å². The lowest BCUT2D eigenvalue weighted by Crippen LogP contribution is -2.42. The Labute approximate surface area is 184 Å². The van der Waals surface area contributed by atoms with E-state index in [1.807, 2.05) is 30.3 Å². The van der Waals surface area contributed by atoms with Crippen LogP contribution < -0.4 is 5.32 Å². The standard InChI is InChI=1S/C24H20N4O4/c1-32-22(30)17-11-16(13-26-14-17)21(29)28-10-8-24(20(28)15-5-4-9-25-12-15)18-6-2-3-7-19(18)27-23(24)31/h2-7,9,11-14,20H,8,10H2,1H3,(H,27,31). The van der Waals surface area contributed by atoms with Crippen LogP contribution in [0.2, 0.25) is 0 Å². The largest absolute Gasteiger partial charge is 0.465 e. The molecular formula is C24H20N4O4. The quantitative estimate of drug-likeness (QED) is 0.644. The minimum Gasteiger partial charge on any atom is -0.465 e. The third kappa shape index (κ3) is 2.87. The van der Waals surface area contributed by atoms with Crippen LogP contribution in [-0.4, -0.2) is 46.3 Å². The van der Waals surface area contributed by atoms with E-state index in [4.69, 9.17) is 4.74 Å². The predicted octanol–water partition coefficient (Wildman–Crippen LogP) is 2.74. The number of carbonyl (C=O) groups is 3. The molecule has 0 bridgehead atoms. The van der Waals surface area contributed by atoms with Crippen molar-refractivity contribution in [2.45, 2.75) is 17.9 Å². The average molecular weight is 428 g/mol. The Morgan fingerprint density at radius 3 is 2.69 bits per heavy atom. The molecule has 2 atom stereocenters. The molecule has 2 aliphatic heterocycles. The minimum absolute atomic E-state index is 0.135. The molecule has 1 spiro atoms. The van der Waals surface area contributed by atoms with Crippen molar-refractivity contribution in [3.8, 4) is 0 Å². The van der Waals surface area contributed by atoms with Crippen LogP contribution in [0.4, 0.5) is 5.69 Å². The molecule has 0 radical (unpaired) electrons. The minimum atomic E-state index is -0.928. The Balaban J connectivity index is 1.62. The molecule has 1 N–H and O–H groups in total. The van der Waals surface area contributed by atoms with Crippen LogP contribution in [-0.2, 0) is 14.9 Å². The van der Waals surface area contributed by atoms with Crippen LogP contribution in [0.5, 0.6) is 0 Å². The van der Waals surface area contributed by atoms with Gasteiger partial charge in [-0.2, -0.15) is 0 Å². The monoisotopic (exact) mass is 428 g/mol. The summed E-state index contributed by atoms with van der Waals surface area (Å²) in [5, 5.41) is 2.99. The average Bonchev–Trinajstić information content (AvgIpc) is 3.38. The fraction of sp³-hybridized carbons (Fsp3) is 0.208. The molecule has 0 aliphatic carbocycles. The first kappa shape index (κ1) is 19.9. The van der Waals surface area contributed by atoms with Crippen molar-refractivity contribution in [1.29, 1.82) is 0 Å². The molecule has 2 amide bonds. The zero-order valence-electron chi connectivity index (χ0n) is 17.3. The van der Waals surface area contributed by atoms with Crippen molar-refractivity contribution in [1.82, 2.24) is 14.9 Å². The Morgan fingerprint density at radius 2 is 1.91 bits per heavy atom. The number of likely N-dealkylation sites (tertiary alicyclic amines) is 1. The fourth-order valence-corrected chi connectivity index (χ4v) is 4.86. The second kappa shape index (κ2) is 7.56. The van der Waals surface area contributed by atoms with Crippen LogP contribution in [0.15, 0.2) is 67.3 Å². The SMILES string of the molecule is COC(=O)c1cncc(C(=O)N2CCC3(C(=O)Nc4ccccc43)C2c2cccnc2)c1. The van der Waals surface area contributed by atoms with Gasteiger partial charge in [-0.25, -0.2) is 4.79 Å². The maximum absolute atomic E-state index is 13.6. The summed E-state index contributed by atoms with van der Waals surface area (Å²) in [4.78, 5) is 48.9. The molecule has 5 rings (SSSR count). The third-order valence-corrected chi connectivity index (χ3v) is 6.25. The van der Waals surface area contributed by atoms with Gasteiger partial charge < -0.3 is 15.0 Å². The van der Waals surface area contributed by atoms with Crippen molar-refractivity contribution >= 4 is 23.5 Å². The summed E-state index contributed by atoms with van der Waals surface area (Å²) in [5.74, 6) is -1.02. The van der Waals surface area contributed by atoms with Crippen molar-refractivity contribution in [2.24, 2.45) is 0 Å². The number of amides is 2. The highest BCUT2D eigenvalue weighted by Crippen LogP contribution is 2.54. The second-order valence-electron chi connectivity index (χ2n) is 7.86. The van der Waals surface area contributed by atoms with Crippen molar-refractivity contribution < 1.29 is 19.1 Å². The van der Waals surface area contributed by atoms with E-state index in [9.17, 15) is 14.4 Å². The number of fused-ring (bicyclic) bond motifs is 2. The van der Waals surface area contributed by atoms with Gasteiger partial charge in [0.15, 0.2) is 0 Å². The number of aromatic nitrogens is 2. The molecule has 2 unspecified atom stereocenters. The number of hydrogen-bond donors (Lipinski definition) is 1. The van der Waals surface area contributed by atoms with E-state index in [1.54, 1.807) is 23.4 Å². The van der Waals surface area contributed by atoms with Crippen LogP contribution in [0.1, 0.15) is 44.3 Å². The van der Waals surface area contributed by atoms with E-state index >= 15 is 0 Å². The molecule has 1 fully saturated rings. The first-order chi connectivity index (χ1) is 15.6. The van der Waals surface area contributed by atoms with Crippen molar-refractivity contribution in [3.05, 3.63) is 89.5 Å². The smallest absolute Gasteiger partial charge is 0.339 e. The summed E-state index contributed by atoms with van der Waals surface area (Å²) in [5.41, 5.74) is 1.91. The third-order valence-electron chi connectivity index (χ3n) is 6.25. The number of nitrogens with zero attached hydrogens (tertiary/aromatic N) is 3. The van der Waals surface area contributed by atoms with E-state index in [0.29, 0.717) is 13.0 Å². The van der Waals surface area contributed by atoms with Gasteiger partial charge in [0.05, 0.1) is 24.3 Å². The number of carbonyl (C=O) groups excluding carboxylic acids is 3. The van der Waals surface area contributed by atoms with Gasteiger partial charge in [0.25, 0.3) is 5.91 Å². The molecule has 1 saturated heterocycles. The molecular weight excluding hydrogens is 408 g/mol. The molecule has 8 nitrogen and oxygen atoms in total. The van der Waals surface area contributed by atoms with E-state index in [2.05, 4.69) is 15.3 Å². The maximum Gasteiger partial charge on any atom is 0.339 e. The number of esters is 1. The first-order valence-corrected chi connectivity index (χ1v) is 10.2. The zero-order valence-corrected chi connectivity index (χ0v) is 17.3. The Hall–Kier alpha value is -4.07. The van der Waals surface area contributed by atoms with Gasteiger partial charge in [-0.3, -0.25) is 19.6 Å². The second-order valence-corrected chi connectivity index (χ2v) is 7.86. The number of methoxy groups -OCH3 is 1. The van der Waals surface area contributed by atoms with Crippen molar-refractivity contribution in [3.63, 3.8) is 0 Å². The normalized spacial score (nSPS) is 21.3. The molecule has 2 aromatic heterocycles. The molecule has 160 valence electrons. The molecule has 3 aromatic rings. The molecule has 8 heteroatoms. The van der Waals surface area contributed by atoms with Gasteiger partial charge in [0.2, 0.25) is 5.91 Å². The number of anilines is 1. The summed E-state index contributed by atoms with van der Waals surface area (Å²) in [6, 6.07) is 12.2. The molecule has 2 aliphatic rings. The van der Waals surface area contributed by atoms with Gasteiger partial charge in [-0.05, 0) is 35.7 Å². The van der Waals surface area contributed by atoms with Gasteiger partial charge in [0, 0.05) is 37.0 Å². The number of hydrogen-bond acceptors (Lipinski definition) is 6. The lowest BCUT2D eigenvalue weighted by atomic mass is 9.73. The zero-order chi connectivity index (χ0) is 22.3. The fourth-order valence-electron chi connectivity index (χ4n) is 4.86. The van der Waals surface area contributed by atoms with Crippen LogP contribution >= 0.6 is 0 Å². The molecule has 0 saturated carbocycles. The molecule has 32 heavy (non-hydrogen) atoms. The summed E-state index contributed by atoms with van der Waals surface area (Å²) >= 11 is 0. The van der Waals surface area contributed by atoms with Crippen LogP contribution in [0, 0.1) is 0 Å². The Kier molecular flexibility index (Phi) is 4.70. The van der Waals surface area contributed by atoms with Crippen LogP contribution in [0.3, 0.4) is 0 Å². The lowest BCUT2D eigenvalue weighted by Gasteiger charge is -2.34. The van der Waals surface area contributed by atoms with Gasteiger partial charge in [-0.15, -0.1) is 0 Å². The highest BCUT2D eigenvalue weighted by molar-refractivity contribution is 6.08. The summed E-state index contributed by atoms with van der Waals surface area (Å²) in [7, 11) is 1.27. The topological polar surface area (TPSA) is 101 Å². The highest BCUT2D eigenvalue weighted by Gasteiger charge is 2.59. The summed E-state index contributed by atoms with van der Waals surface area (Å²) in [6.07, 6.45) is 6.58. The van der Waals surface area contributed by atoms with Crippen molar-refractivity contribution in [2.75, 3.05) is 19.0 Å². The summed E-state index contributed by atoms with van der Waals surface area (Å²) < 4.78 is 4.75. The molecule has 1 aromatic carbocycles. The molecule has 4 heterocycles. The maximum atomic E-state index is 13.6.